The lowest BCUT2D eigenvalue weighted by molar-refractivity contribution is 0.117. The van der Waals surface area contributed by atoms with Gasteiger partial charge in [0, 0.05) is 18.6 Å². The van der Waals surface area contributed by atoms with Crippen molar-refractivity contribution in [1.29, 1.82) is 0 Å². The number of ether oxygens (including phenoxy) is 2. The number of unbranched alkanes of at least 4 members (excludes halogenated alkanes) is 6. The molecule has 0 saturated carbocycles. The summed E-state index contributed by atoms with van der Waals surface area (Å²) in [6, 6.07) is 40.3. The molecule has 0 aliphatic carbocycles. The highest BCUT2D eigenvalue weighted by molar-refractivity contribution is 6.24. The maximum atomic E-state index is 6.30. The third-order valence-corrected chi connectivity index (χ3v) is 13.2. The number of allylic oxidation sites excluding steroid dienone is 4. The van der Waals surface area contributed by atoms with Crippen molar-refractivity contribution in [1.82, 2.24) is 0 Å². The summed E-state index contributed by atoms with van der Waals surface area (Å²) in [6.07, 6.45) is 17.1. The molecule has 0 aromatic heterocycles. The third kappa shape index (κ3) is 8.02. The Bertz CT molecular complexity index is 2480. The molecule has 0 amide bonds. The molecule has 0 radical (unpaired) electrons. The van der Waals surface area contributed by atoms with E-state index in [2.05, 4.69) is 142 Å². The molecule has 0 N–H and O–H groups in total. The van der Waals surface area contributed by atoms with E-state index in [0.717, 1.165) is 45.3 Å². The van der Waals surface area contributed by atoms with Crippen molar-refractivity contribution < 1.29 is 9.47 Å². The number of benzene rings is 8. The number of hydrogen-bond acceptors (Lipinski definition) is 2. The summed E-state index contributed by atoms with van der Waals surface area (Å²) >= 11 is 0. The van der Waals surface area contributed by atoms with Crippen LogP contribution in [0.3, 0.4) is 0 Å². The summed E-state index contributed by atoms with van der Waals surface area (Å²) in [7, 11) is 0. The van der Waals surface area contributed by atoms with E-state index in [0.29, 0.717) is 13.2 Å². The molecule has 0 aliphatic rings. The molecule has 0 heterocycles. The first-order valence-corrected chi connectivity index (χ1v) is 22.0. The van der Waals surface area contributed by atoms with Gasteiger partial charge in [0.2, 0.25) is 0 Å². The Balaban J connectivity index is 0.782. The Morgan fingerprint density at radius 1 is 0.517 bits per heavy atom. The largest absolute Gasteiger partial charge is 0.377 e. The van der Waals surface area contributed by atoms with Crippen LogP contribution in [0.2, 0.25) is 0 Å². The average molecular weight is 765 g/mol. The van der Waals surface area contributed by atoms with Crippen LogP contribution >= 0.6 is 0 Å². The topological polar surface area (TPSA) is 18.5 Å². The molecule has 0 spiro atoms. The van der Waals surface area contributed by atoms with E-state index in [9.17, 15) is 0 Å². The molecule has 2 heteroatoms. The van der Waals surface area contributed by atoms with Gasteiger partial charge in [-0.25, -0.2) is 0 Å². The Kier molecular flexibility index (Phi) is 12.5. The Hall–Kier alpha value is -5.02. The van der Waals surface area contributed by atoms with Crippen molar-refractivity contribution in [2.75, 3.05) is 13.2 Å². The molecular formula is C56H60O2. The SMILES string of the molecule is C=CC(=C)C(CCCCCCOCc1ccc2ccc3cccc4ccc1c2c34)(CCCCCCOCc1ccc2ccc3cccc4ccc1c2c34)/C(C)=C/CC. The van der Waals surface area contributed by atoms with Crippen LogP contribution in [0.4, 0.5) is 0 Å². The van der Waals surface area contributed by atoms with Crippen molar-refractivity contribution in [2.45, 2.75) is 97.7 Å². The summed E-state index contributed by atoms with van der Waals surface area (Å²) in [5.41, 5.74) is 5.21. The summed E-state index contributed by atoms with van der Waals surface area (Å²) in [5.74, 6) is 0. The monoisotopic (exact) mass is 764 g/mol. The van der Waals surface area contributed by atoms with Crippen molar-refractivity contribution >= 4 is 64.6 Å². The molecule has 0 atom stereocenters. The molecule has 8 rings (SSSR count). The van der Waals surface area contributed by atoms with Gasteiger partial charge in [-0.05, 0) is 120 Å². The van der Waals surface area contributed by atoms with E-state index in [-0.39, 0.29) is 5.41 Å². The Labute approximate surface area is 345 Å². The Morgan fingerprint density at radius 3 is 1.34 bits per heavy atom. The first-order valence-electron chi connectivity index (χ1n) is 22.0. The lowest BCUT2D eigenvalue weighted by atomic mass is 9.67. The molecule has 8 aromatic rings. The summed E-state index contributed by atoms with van der Waals surface area (Å²) in [5, 5.41) is 16.0. The zero-order valence-corrected chi connectivity index (χ0v) is 34.9. The molecule has 0 aliphatic heterocycles. The highest BCUT2D eigenvalue weighted by Crippen LogP contribution is 2.45. The molecule has 0 saturated heterocycles. The molecule has 0 fully saturated rings. The molecule has 8 aromatic carbocycles. The third-order valence-electron chi connectivity index (χ3n) is 13.2. The van der Waals surface area contributed by atoms with Gasteiger partial charge in [-0.2, -0.15) is 0 Å². The molecule has 296 valence electrons. The minimum Gasteiger partial charge on any atom is -0.377 e. The highest BCUT2D eigenvalue weighted by atomic mass is 16.5. The molecule has 58 heavy (non-hydrogen) atoms. The van der Waals surface area contributed by atoms with Crippen molar-refractivity contribution in [3.63, 3.8) is 0 Å². The van der Waals surface area contributed by atoms with E-state index in [1.54, 1.807) is 0 Å². The zero-order valence-electron chi connectivity index (χ0n) is 34.9. The quantitative estimate of drug-likeness (QED) is 0.0296. The standard InChI is InChI=1S/C56H60O2/c1-5-17-41(4)56(40(3)6-2,34-11-7-9-13-36-57-38-48-28-26-46-24-22-42-18-15-20-44-30-32-50(48)54(46)52(42)44)35-12-8-10-14-37-58-39-49-29-27-47-25-23-43-19-16-21-45-31-33-51(49)55(47)53(43)45/h6,15-33H,2-3,5,7-14,34-39H2,1,4H3/b41-17+. The Morgan fingerprint density at radius 2 is 0.914 bits per heavy atom. The fourth-order valence-corrected chi connectivity index (χ4v) is 9.97. The summed E-state index contributed by atoms with van der Waals surface area (Å²) < 4.78 is 12.6. The highest BCUT2D eigenvalue weighted by Gasteiger charge is 2.32. The fourth-order valence-electron chi connectivity index (χ4n) is 9.97. The first kappa shape index (κ1) is 39.8. The van der Waals surface area contributed by atoms with Gasteiger partial charge in [0.05, 0.1) is 13.2 Å². The smallest absolute Gasteiger partial charge is 0.0722 e. The van der Waals surface area contributed by atoms with Gasteiger partial charge < -0.3 is 9.47 Å². The first-order chi connectivity index (χ1) is 28.5. The van der Waals surface area contributed by atoms with Gasteiger partial charge >= 0.3 is 0 Å². The molecule has 2 nitrogen and oxygen atoms in total. The van der Waals surface area contributed by atoms with Gasteiger partial charge in [0.1, 0.15) is 0 Å². The van der Waals surface area contributed by atoms with Crippen molar-refractivity contribution in [3.05, 3.63) is 157 Å². The predicted octanol–water partition coefficient (Wildman–Crippen LogP) is 16.2. The second-order valence-electron chi connectivity index (χ2n) is 16.7. The maximum Gasteiger partial charge on any atom is 0.0722 e. The summed E-state index contributed by atoms with van der Waals surface area (Å²) in [4.78, 5) is 0. The van der Waals surface area contributed by atoms with E-state index >= 15 is 0 Å². The zero-order chi connectivity index (χ0) is 39.9. The van der Waals surface area contributed by atoms with Crippen LogP contribution < -0.4 is 0 Å². The van der Waals surface area contributed by atoms with E-state index in [4.69, 9.17) is 9.47 Å². The number of hydrogen-bond donors (Lipinski definition) is 0. The van der Waals surface area contributed by atoms with Gasteiger partial charge in [-0.15, -0.1) is 0 Å². The minimum atomic E-state index is -0.00515. The van der Waals surface area contributed by atoms with Crippen molar-refractivity contribution in [3.8, 4) is 0 Å². The minimum absolute atomic E-state index is 0.00515. The van der Waals surface area contributed by atoms with Crippen LogP contribution in [-0.2, 0) is 22.7 Å². The van der Waals surface area contributed by atoms with Crippen LogP contribution in [0.1, 0.15) is 95.6 Å². The molecular weight excluding hydrogens is 705 g/mol. The maximum absolute atomic E-state index is 6.30. The van der Waals surface area contributed by atoms with Crippen LogP contribution in [0.5, 0.6) is 0 Å². The van der Waals surface area contributed by atoms with Gasteiger partial charge in [0.15, 0.2) is 0 Å². The predicted molar refractivity (Wildman–Crippen MR) is 252 cm³/mol. The van der Waals surface area contributed by atoms with E-state index in [1.165, 1.54) is 125 Å². The second kappa shape index (κ2) is 18.3. The van der Waals surface area contributed by atoms with Crippen LogP contribution in [-0.4, -0.2) is 13.2 Å². The van der Waals surface area contributed by atoms with Gasteiger partial charge in [-0.3, -0.25) is 0 Å². The summed E-state index contributed by atoms with van der Waals surface area (Å²) in [6.45, 7) is 16.3. The van der Waals surface area contributed by atoms with Crippen LogP contribution in [0.15, 0.2) is 146 Å². The lowest BCUT2D eigenvalue weighted by Crippen LogP contribution is -2.24. The second-order valence-corrected chi connectivity index (χ2v) is 16.7. The molecule has 0 unspecified atom stereocenters. The normalized spacial score (nSPS) is 12.7. The van der Waals surface area contributed by atoms with Crippen LogP contribution in [0.25, 0.3) is 64.6 Å². The molecule has 0 bridgehead atoms. The number of rotatable bonds is 22. The van der Waals surface area contributed by atoms with Crippen LogP contribution in [0, 0.1) is 5.41 Å². The van der Waals surface area contributed by atoms with Crippen molar-refractivity contribution in [2.24, 2.45) is 5.41 Å². The average Bonchev–Trinajstić information content (AvgIpc) is 3.26. The lowest BCUT2D eigenvalue weighted by Gasteiger charge is -2.37. The van der Waals surface area contributed by atoms with Gasteiger partial charge in [-0.1, -0.05) is 186 Å². The van der Waals surface area contributed by atoms with Gasteiger partial charge in [0.25, 0.3) is 0 Å². The fraction of sp³-hybridized carbons (Fsp3) is 0.321. The van der Waals surface area contributed by atoms with E-state index in [1.807, 2.05) is 6.08 Å². The van der Waals surface area contributed by atoms with E-state index < -0.39 is 0 Å².